The predicted octanol–water partition coefficient (Wildman–Crippen LogP) is 4.76. The Kier molecular flexibility index (Phi) is 2.27. The molecule has 2 heteroatoms. The van der Waals surface area contributed by atoms with Crippen LogP contribution in [0.1, 0.15) is 61.8 Å². The average Bonchev–Trinajstić information content (AvgIpc) is 2.26. The quantitative estimate of drug-likeness (QED) is 0.540. The van der Waals surface area contributed by atoms with Crippen molar-refractivity contribution in [3.05, 3.63) is 11.1 Å². The summed E-state index contributed by atoms with van der Waals surface area (Å²) >= 11 is 0. The predicted molar refractivity (Wildman–Crippen MR) is 72.2 cm³/mol. The van der Waals surface area contributed by atoms with Crippen LogP contribution in [-0.4, -0.2) is 11.1 Å². The van der Waals surface area contributed by atoms with Crippen molar-refractivity contribution in [2.24, 2.45) is 21.1 Å². The zero-order valence-electron chi connectivity index (χ0n) is 12.6. The summed E-state index contributed by atoms with van der Waals surface area (Å²) in [4.78, 5) is 0. The first kappa shape index (κ1) is 12.8. The first-order valence-electron chi connectivity index (χ1n) is 6.60. The lowest BCUT2D eigenvalue weighted by molar-refractivity contribution is 0.121. The van der Waals surface area contributed by atoms with Crippen LogP contribution in [-0.2, 0) is 0 Å². The van der Waals surface area contributed by atoms with E-state index < -0.39 is 0 Å². The lowest BCUT2D eigenvalue weighted by atomic mass is 9.49. The van der Waals surface area contributed by atoms with Gasteiger partial charge in [-0.3, -0.25) is 0 Å². The molecule has 0 aromatic rings. The summed E-state index contributed by atoms with van der Waals surface area (Å²) in [5, 5.41) is 9.01. The molecule has 96 valence electrons. The van der Waals surface area contributed by atoms with Gasteiger partial charge >= 0.3 is 0 Å². The molecule has 0 aromatic heterocycles. The molecule has 2 aliphatic rings. The van der Waals surface area contributed by atoms with Crippen molar-refractivity contribution in [3.8, 4) is 0 Å². The highest BCUT2D eigenvalue weighted by atomic mass is 15.2. The Morgan fingerprint density at radius 2 is 1.00 bits per heavy atom. The molecule has 0 saturated heterocycles. The number of rotatable bonds is 0. The van der Waals surface area contributed by atoms with Gasteiger partial charge in [0.15, 0.2) is 0 Å². The van der Waals surface area contributed by atoms with Crippen LogP contribution in [0.3, 0.4) is 0 Å². The van der Waals surface area contributed by atoms with Gasteiger partial charge in [0.2, 0.25) is 0 Å². The van der Waals surface area contributed by atoms with E-state index in [9.17, 15) is 0 Å². The highest BCUT2D eigenvalue weighted by Gasteiger charge is 2.55. The summed E-state index contributed by atoms with van der Waals surface area (Å²) in [5.41, 5.74) is 3.39. The number of hydrogen-bond acceptors (Lipinski definition) is 2. The number of allylic oxidation sites excluding steroid dienone is 1. The second kappa shape index (κ2) is 3.02. The third-order valence-corrected chi connectivity index (χ3v) is 4.26. The van der Waals surface area contributed by atoms with Crippen molar-refractivity contribution in [1.29, 1.82) is 0 Å². The van der Waals surface area contributed by atoms with Crippen LogP contribution < -0.4 is 0 Å². The number of hydrogen-bond donors (Lipinski definition) is 0. The fourth-order valence-corrected chi connectivity index (χ4v) is 4.48. The molecule has 0 spiro atoms. The maximum Gasteiger partial charge on any atom is 0.0995 e. The Labute approximate surface area is 106 Å². The fourth-order valence-electron chi connectivity index (χ4n) is 4.48. The monoisotopic (exact) mass is 234 g/mol. The van der Waals surface area contributed by atoms with Crippen LogP contribution in [0.15, 0.2) is 21.4 Å². The Morgan fingerprint density at radius 3 is 1.29 bits per heavy atom. The van der Waals surface area contributed by atoms with E-state index in [1.807, 2.05) is 0 Å². The zero-order chi connectivity index (χ0) is 13.3. The van der Waals surface area contributed by atoms with E-state index in [0.29, 0.717) is 10.8 Å². The van der Waals surface area contributed by atoms with E-state index in [4.69, 9.17) is 0 Å². The van der Waals surface area contributed by atoms with Gasteiger partial charge in [-0.15, -0.1) is 0 Å². The molecular weight excluding hydrogens is 208 g/mol. The van der Waals surface area contributed by atoms with Gasteiger partial charge < -0.3 is 0 Å². The molecule has 0 amide bonds. The largest absolute Gasteiger partial charge is 0.183 e. The van der Waals surface area contributed by atoms with E-state index in [2.05, 4.69) is 65.6 Å². The van der Waals surface area contributed by atoms with Crippen LogP contribution in [0.5, 0.6) is 0 Å². The van der Waals surface area contributed by atoms with Crippen molar-refractivity contribution >= 4 is 0 Å². The molecule has 1 aliphatic heterocycles. The Morgan fingerprint density at radius 1 is 0.647 bits per heavy atom. The highest BCUT2D eigenvalue weighted by Crippen LogP contribution is 2.63. The third-order valence-electron chi connectivity index (χ3n) is 4.26. The second-order valence-corrected chi connectivity index (χ2v) is 8.01. The Balaban J connectivity index is 2.65. The van der Waals surface area contributed by atoms with Gasteiger partial charge in [0.25, 0.3) is 0 Å². The summed E-state index contributed by atoms with van der Waals surface area (Å²) in [7, 11) is 0. The fraction of sp³-hybridized carbons (Fsp3) is 0.867. The molecular formula is C15H26N2. The molecule has 1 fully saturated rings. The van der Waals surface area contributed by atoms with Crippen molar-refractivity contribution in [1.82, 2.24) is 0 Å². The first-order valence-corrected chi connectivity index (χ1v) is 6.60. The van der Waals surface area contributed by atoms with Crippen LogP contribution >= 0.6 is 0 Å². The molecule has 2 rings (SSSR count). The average molecular weight is 234 g/mol. The van der Waals surface area contributed by atoms with Crippen molar-refractivity contribution < 1.29 is 0 Å². The van der Waals surface area contributed by atoms with Crippen molar-refractivity contribution in [2.75, 3.05) is 0 Å². The van der Waals surface area contributed by atoms with E-state index in [1.165, 1.54) is 12.0 Å². The van der Waals surface area contributed by atoms with Gasteiger partial charge in [0.1, 0.15) is 0 Å². The van der Waals surface area contributed by atoms with Gasteiger partial charge in [0, 0.05) is 0 Å². The summed E-state index contributed by atoms with van der Waals surface area (Å²) in [6.07, 6.45) is 1.25. The second-order valence-electron chi connectivity index (χ2n) is 8.01. The third kappa shape index (κ3) is 1.68. The van der Waals surface area contributed by atoms with Crippen LogP contribution in [0.4, 0.5) is 0 Å². The number of nitrogens with zero attached hydrogens (tertiary/aromatic N) is 2. The molecule has 0 aromatic carbocycles. The lowest BCUT2D eigenvalue weighted by Crippen LogP contribution is -2.47. The summed E-state index contributed by atoms with van der Waals surface area (Å²) in [5.74, 6) is 0. The normalized spacial score (nSPS) is 31.5. The Bertz CT molecular complexity index is 384. The molecule has 17 heavy (non-hydrogen) atoms. The highest BCUT2D eigenvalue weighted by molar-refractivity contribution is 5.46. The van der Waals surface area contributed by atoms with E-state index >= 15 is 0 Å². The molecule has 0 radical (unpaired) electrons. The molecule has 0 atom stereocenters. The molecule has 0 N–H and O–H groups in total. The first-order chi connectivity index (χ1) is 7.40. The molecule has 0 bridgehead atoms. The van der Waals surface area contributed by atoms with Gasteiger partial charge in [-0.1, -0.05) is 33.3 Å². The van der Waals surface area contributed by atoms with Gasteiger partial charge in [0.05, 0.1) is 11.1 Å². The van der Waals surface area contributed by atoms with Gasteiger partial charge in [-0.2, -0.15) is 10.2 Å². The van der Waals surface area contributed by atoms with Crippen molar-refractivity contribution in [2.45, 2.75) is 72.9 Å². The minimum Gasteiger partial charge on any atom is -0.183 e. The van der Waals surface area contributed by atoms with E-state index in [1.54, 1.807) is 5.57 Å². The minimum atomic E-state index is -0.131. The molecule has 1 aliphatic carbocycles. The topological polar surface area (TPSA) is 24.7 Å². The smallest absolute Gasteiger partial charge is 0.0995 e. The minimum absolute atomic E-state index is 0.131. The molecule has 2 nitrogen and oxygen atoms in total. The van der Waals surface area contributed by atoms with Crippen LogP contribution in [0, 0.1) is 10.8 Å². The maximum absolute atomic E-state index is 4.50. The van der Waals surface area contributed by atoms with Crippen LogP contribution in [0.25, 0.3) is 0 Å². The summed E-state index contributed by atoms with van der Waals surface area (Å²) in [6.45, 7) is 18.2. The van der Waals surface area contributed by atoms with Gasteiger partial charge in [-0.25, -0.2) is 0 Å². The van der Waals surface area contributed by atoms with E-state index in [0.717, 1.165) is 0 Å². The Hall–Kier alpha value is -0.660. The standard InChI is InChI=1S/C15H26N2/c1-12(2)9-13(3,4)10(12)11-14(5,6)16-17-15(11,7)8/h9H2,1-8H3. The maximum atomic E-state index is 4.50. The molecule has 0 unspecified atom stereocenters. The summed E-state index contributed by atoms with van der Waals surface area (Å²) < 4.78 is 0. The SMILES string of the molecule is CC1(C)CC(C)(C)C1=C1C(C)(C)N=NC1(C)C. The summed E-state index contributed by atoms with van der Waals surface area (Å²) in [6, 6.07) is 0. The van der Waals surface area contributed by atoms with E-state index in [-0.39, 0.29) is 11.1 Å². The number of azo groups is 1. The molecule has 1 saturated carbocycles. The molecule has 1 heterocycles. The van der Waals surface area contributed by atoms with Crippen LogP contribution in [0.2, 0.25) is 0 Å². The lowest BCUT2D eigenvalue weighted by Gasteiger charge is -2.56. The van der Waals surface area contributed by atoms with Gasteiger partial charge in [-0.05, 0) is 50.5 Å². The zero-order valence-corrected chi connectivity index (χ0v) is 12.6. The van der Waals surface area contributed by atoms with Crippen molar-refractivity contribution in [3.63, 3.8) is 0 Å².